The van der Waals surface area contributed by atoms with Crippen LogP contribution >= 0.6 is 0 Å². The van der Waals surface area contributed by atoms with Gasteiger partial charge in [0.15, 0.2) is 0 Å². The first kappa shape index (κ1) is 35.4. The second kappa shape index (κ2) is 15.9. The summed E-state index contributed by atoms with van der Waals surface area (Å²) >= 11 is 0. The van der Waals surface area contributed by atoms with E-state index in [0.29, 0.717) is 22.7 Å². The van der Waals surface area contributed by atoms with E-state index in [1.165, 1.54) is 19.2 Å². The number of rotatable bonds is 12. The number of carbonyl (C=O) groups excluding carboxylic acids is 3. The van der Waals surface area contributed by atoms with Crippen molar-refractivity contribution in [2.75, 3.05) is 12.4 Å². The van der Waals surface area contributed by atoms with Crippen LogP contribution in [-0.4, -0.2) is 58.2 Å². The van der Waals surface area contributed by atoms with Gasteiger partial charge in [-0.15, -0.1) is 0 Å². The third kappa shape index (κ3) is 8.09. The van der Waals surface area contributed by atoms with Crippen LogP contribution in [0.15, 0.2) is 24.4 Å². The van der Waals surface area contributed by atoms with Crippen molar-refractivity contribution in [3.63, 3.8) is 0 Å². The van der Waals surface area contributed by atoms with Gasteiger partial charge in [-0.3, -0.25) is 19.1 Å². The summed E-state index contributed by atoms with van der Waals surface area (Å²) in [6.07, 6.45) is 5.71. The van der Waals surface area contributed by atoms with Crippen molar-refractivity contribution in [2.24, 2.45) is 17.8 Å². The van der Waals surface area contributed by atoms with E-state index in [4.69, 9.17) is 0 Å². The first-order chi connectivity index (χ1) is 21.9. The molecule has 1 heterocycles. The zero-order valence-electron chi connectivity index (χ0n) is 27.2. The summed E-state index contributed by atoms with van der Waals surface area (Å²) in [5.41, 5.74) is 0.818. The zero-order valence-corrected chi connectivity index (χ0v) is 27.2. The average molecular weight is 650 g/mol. The molecule has 8 nitrogen and oxygen atoms in total. The number of nitrogens with zero attached hydrogens (tertiary/aromatic N) is 3. The van der Waals surface area contributed by atoms with Gasteiger partial charge in [-0.2, -0.15) is 5.10 Å². The van der Waals surface area contributed by atoms with E-state index < -0.39 is 48.2 Å². The molecule has 2 unspecified atom stereocenters. The van der Waals surface area contributed by atoms with Crippen LogP contribution in [0.4, 0.5) is 23.2 Å². The normalized spacial score (nSPS) is 18.3. The van der Waals surface area contributed by atoms with Crippen LogP contribution in [0.25, 0.3) is 0 Å². The smallest absolute Gasteiger partial charge is 0.287 e. The van der Waals surface area contributed by atoms with Crippen molar-refractivity contribution < 1.29 is 31.9 Å². The van der Waals surface area contributed by atoms with E-state index in [-0.39, 0.29) is 29.0 Å². The molecule has 0 bridgehead atoms. The largest absolute Gasteiger partial charge is 0.339 e. The Morgan fingerprint density at radius 3 is 2.13 bits per heavy atom. The molecule has 46 heavy (non-hydrogen) atoms. The fourth-order valence-corrected chi connectivity index (χ4v) is 7.50. The Labute approximate surface area is 268 Å². The highest BCUT2D eigenvalue weighted by Crippen LogP contribution is 2.42. The SMILES string of the molecule is CCn1nccc1C(=O)N[C@H](C(=O)Nc1cc(C)c(C(C)C(=O)N(C)C(F)C(F)F)cc1F)C(C1CCCCC1)C1CCCCC1. The van der Waals surface area contributed by atoms with Crippen LogP contribution < -0.4 is 10.6 Å². The molecule has 1 aromatic heterocycles. The van der Waals surface area contributed by atoms with Crippen LogP contribution in [0.5, 0.6) is 0 Å². The molecule has 0 spiro atoms. The van der Waals surface area contributed by atoms with Crippen LogP contribution in [0.2, 0.25) is 0 Å². The molecule has 2 aliphatic rings. The van der Waals surface area contributed by atoms with Crippen molar-refractivity contribution in [1.29, 1.82) is 0 Å². The van der Waals surface area contributed by atoms with Crippen LogP contribution in [0.1, 0.15) is 106 Å². The number of hydrogen-bond donors (Lipinski definition) is 2. The highest BCUT2D eigenvalue weighted by Gasteiger charge is 2.42. The number of carbonyl (C=O) groups is 3. The number of alkyl halides is 3. The number of aryl methyl sites for hydroxylation is 2. The van der Waals surface area contributed by atoms with E-state index >= 15 is 4.39 Å². The number of benzene rings is 1. The summed E-state index contributed by atoms with van der Waals surface area (Å²) in [4.78, 5) is 40.9. The number of aromatic nitrogens is 2. The van der Waals surface area contributed by atoms with E-state index in [9.17, 15) is 27.6 Å². The monoisotopic (exact) mass is 649 g/mol. The summed E-state index contributed by atoms with van der Waals surface area (Å²) in [6.45, 7) is 5.34. The molecule has 2 aliphatic carbocycles. The standard InChI is InChI=1S/C34H47F4N5O3/c1-5-43-27(16-17-39-43)32(44)41-29(28(22-12-8-6-9-13-22)23-14-10-7-11-15-23)33(45)40-26-18-20(2)24(19-25(26)35)21(3)34(46)42(4)31(38)30(36)37/h16-19,21-23,28-31H,5-15H2,1-4H3,(H,40,45)(H,41,44)/t21?,29-,31?/m0/s1. The maximum atomic E-state index is 15.6. The summed E-state index contributed by atoms with van der Waals surface area (Å²) in [6, 6.07) is 3.14. The topological polar surface area (TPSA) is 96.3 Å². The Kier molecular flexibility index (Phi) is 12.2. The van der Waals surface area contributed by atoms with Gasteiger partial charge in [0, 0.05) is 19.8 Å². The van der Waals surface area contributed by atoms with Gasteiger partial charge >= 0.3 is 0 Å². The van der Waals surface area contributed by atoms with Gasteiger partial charge in [0.25, 0.3) is 12.3 Å². The number of anilines is 1. The van der Waals surface area contributed by atoms with Gasteiger partial charge in [-0.05, 0) is 67.9 Å². The van der Waals surface area contributed by atoms with E-state index in [0.717, 1.165) is 77.3 Å². The van der Waals surface area contributed by atoms with E-state index in [2.05, 4.69) is 15.7 Å². The Bertz CT molecular complexity index is 1340. The molecule has 0 aliphatic heterocycles. The molecule has 2 aromatic rings. The summed E-state index contributed by atoms with van der Waals surface area (Å²) in [5.74, 6) is -3.49. The van der Waals surface area contributed by atoms with Crippen molar-refractivity contribution in [3.8, 4) is 0 Å². The molecule has 4 rings (SSSR count). The molecule has 2 N–H and O–H groups in total. The third-order valence-electron chi connectivity index (χ3n) is 9.97. The molecule has 12 heteroatoms. The van der Waals surface area contributed by atoms with E-state index in [1.54, 1.807) is 17.7 Å². The fourth-order valence-electron chi connectivity index (χ4n) is 7.50. The zero-order chi connectivity index (χ0) is 33.5. The summed E-state index contributed by atoms with van der Waals surface area (Å²) in [7, 11) is 0.937. The number of nitrogens with one attached hydrogen (secondary N) is 2. The van der Waals surface area contributed by atoms with Crippen LogP contribution in [-0.2, 0) is 16.1 Å². The van der Waals surface area contributed by atoms with Crippen LogP contribution in [0.3, 0.4) is 0 Å². The molecule has 3 atom stereocenters. The Morgan fingerprint density at radius 1 is 1.00 bits per heavy atom. The number of likely N-dealkylation sites (N-methyl/N-ethyl adjacent to an activating group) is 1. The number of halogens is 4. The Morgan fingerprint density at radius 2 is 1.59 bits per heavy atom. The minimum absolute atomic E-state index is 0.126. The molecule has 1 aromatic carbocycles. The Balaban J connectivity index is 1.65. The first-order valence-corrected chi connectivity index (χ1v) is 16.6. The first-order valence-electron chi connectivity index (χ1n) is 16.6. The lowest BCUT2D eigenvalue weighted by Crippen LogP contribution is -2.53. The van der Waals surface area contributed by atoms with Crippen molar-refractivity contribution in [1.82, 2.24) is 20.0 Å². The molecular formula is C34H47F4N5O3. The molecule has 0 radical (unpaired) electrons. The highest BCUT2D eigenvalue weighted by molar-refractivity contribution is 6.01. The summed E-state index contributed by atoms with van der Waals surface area (Å²) in [5, 5.41) is 9.98. The summed E-state index contributed by atoms with van der Waals surface area (Å²) < 4.78 is 56.8. The molecule has 3 amide bonds. The highest BCUT2D eigenvalue weighted by atomic mass is 19.3. The van der Waals surface area contributed by atoms with Crippen molar-refractivity contribution in [2.45, 2.75) is 116 Å². The van der Waals surface area contributed by atoms with Gasteiger partial charge in [-0.1, -0.05) is 64.2 Å². The van der Waals surface area contributed by atoms with Gasteiger partial charge in [0.2, 0.25) is 18.1 Å². The second-order valence-corrected chi connectivity index (χ2v) is 12.9. The number of amides is 3. The number of hydrogen-bond acceptors (Lipinski definition) is 4. The molecule has 254 valence electrons. The molecule has 0 saturated heterocycles. The van der Waals surface area contributed by atoms with E-state index in [1.807, 2.05) is 6.92 Å². The fraction of sp³-hybridized carbons (Fsp3) is 0.647. The minimum atomic E-state index is -3.38. The van der Waals surface area contributed by atoms with Crippen molar-refractivity contribution >= 4 is 23.4 Å². The molecule has 2 saturated carbocycles. The predicted octanol–water partition coefficient (Wildman–Crippen LogP) is 6.99. The Hall–Kier alpha value is -3.44. The molecular weight excluding hydrogens is 602 g/mol. The third-order valence-corrected chi connectivity index (χ3v) is 9.97. The quantitative estimate of drug-likeness (QED) is 0.192. The van der Waals surface area contributed by atoms with Crippen LogP contribution in [0, 0.1) is 30.5 Å². The van der Waals surface area contributed by atoms with Gasteiger partial charge in [0.1, 0.15) is 17.6 Å². The molecule has 2 fully saturated rings. The van der Waals surface area contributed by atoms with Gasteiger partial charge < -0.3 is 15.5 Å². The minimum Gasteiger partial charge on any atom is -0.339 e. The maximum absolute atomic E-state index is 15.6. The lowest BCUT2D eigenvalue weighted by atomic mass is 9.66. The van der Waals surface area contributed by atoms with Gasteiger partial charge in [0.05, 0.1) is 11.6 Å². The van der Waals surface area contributed by atoms with Gasteiger partial charge in [-0.25, -0.2) is 17.6 Å². The predicted molar refractivity (Wildman–Crippen MR) is 168 cm³/mol. The maximum Gasteiger partial charge on any atom is 0.287 e. The average Bonchev–Trinajstić information content (AvgIpc) is 3.55. The lowest BCUT2D eigenvalue weighted by Gasteiger charge is -2.42. The lowest BCUT2D eigenvalue weighted by molar-refractivity contribution is -0.143. The second-order valence-electron chi connectivity index (χ2n) is 12.9. The van der Waals surface area contributed by atoms with Crippen molar-refractivity contribution in [3.05, 3.63) is 47.0 Å².